The molecule has 2 fully saturated rings. The molecule has 0 atom stereocenters. The van der Waals surface area contributed by atoms with E-state index in [9.17, 15) is 14.4 Å². The van der Waals surface area contributed by atoms with Gasteiger partial charge < -0.3 is 10.2 Å². The van der Waals surface area contributed by atoms with Crippen molar-refractivity contribution in [3.63, 3.8) is 0 Å². The number of carbonyl (C=O) groups excluding carboxylic acids is 3. The molecule has 0 radical (unpaired) electrons. The van der Waals surface area contributed by atoms with E-state index in [1.54, 1.807) is 23.1 Å². The van der Waals surface area contributed by atoms with Gasteiger partial charge >= 0.3 is 6.03 Å². The zero-order valence-electron chi connectivity index (χ0n) is 14.1. The van der Waals surface area contributed by atoms with Crippen LogP contribution in [0.15, 0.2) is 24.3 Å². The molecule has 3 rings (SSSR count). The fraction of sp³-hybridized carbons (Fsp3) is 0.500. The van der Waals surface area contributed by atoms with Gasteiger partial charge in [0.05, 0.1) is 6.54 Å². The van der Waals surface area contributed by atoms with Crippen molar-refractivity contribution < 1.29 is 14.4 Å². The highest BCUT2D eigenvalue weighted by molar-refractivity contribution is 6.02. The molecule has 1 aromatic carbocycles. The molecule has 1 aliphatic carbocycles. The standard InChI is InChI=1S/C18H23N3O3/c1-12(2)9-19-17(23)14-5-3-4-13(8-14)10-21-16(22)11-20(18(21)24)15-6-7-15/h3-5,8,12,15H,6-7,9-11H2,1-2H3,(H,19,23). The summed E-state index contributed by atoms with van der Waals surface area (Å²) in [7, 11) is 0. The maximum Gasteiger partial charge on any atom is 0.327 e. The average Bonchev–Trinajstić information content (AvgIpc) is 3.35. The summed E-state index contributed by atoms with van der Waals surface area (Å²) in [6.45, 7) is 5.08. The maximum absolute atomic E-state index is 12.3. The van der Waals surface area contributed by atoms with Crippen LogP contribution in [-0.2, 0) is 11.3 Å². The summed E-state index contributed by atoms with van der Waals surface area (Å²) >= 11 is 0. The zero-order valence-corrected chi connectivity index (χ0v) is 14.1. The van der Waals surface area contributed by atoms with Gasteiger partial charge in [-0.3, -0.25) is 14.5 Å². The fourth-order valence-electron chi connectivity index (χ4n) is 2.78. The number of rotatable bonds is 6. The van der Waals surface area contributed by atoms with Gasteiger partial charge in [-0.1, -0.05) is 26.0 Å². The molecule has 2 aliphatic rings. The number of nitrogens with one attached hydrogen (secondary N) is 1. The monoisotopic (exact) mass is 329 g/mol. The molecule has 1 saturated heterocycles. The highest BCUT2D eigenvalue weighted by Crippen LogP contribution is 2.30. The van der Waals surface area contributed by atoms with Gasteiger partial charge in [0.15, 0.2) is 0 Å². The average molecular weight is 329 g/mol. The van der Waals surface area contributed by atoms with Crippen LogP contribution >= 0.6 is 0 Å². The minimum Gasteiger partial charge on any atom is -0.352 e. The van der Waals surface area contributed by atoms with E-state index in [0.717, 1.165) is 18.4 Å². The van der Waals surface area contributed by atoms with Crippen molar-refractivity contribution in [1.82, 2.24) is 15.1 Å². The van der Waals surface area contributed by atoms with E-state index in [2.05, 4.69) is 5.32 Å². The van der Waals surface area contributed by atoms with E-state index in [4.69, 9.17) is 0 Å². The molecular formula is C18H23N3O3. The van der Waals surface area contributed by atoms with Crippen molar-refractivity contribution in [2.24, 2.45) is 5.92 Å². The summed E-state index contributed by atoms with van der Waals surface area (Å²) < 4.78 is 0. The summed E-state index contributed by atoms with van der Waals surface area (Å²) in [5.41, 5.74) is 1.33. The SMILES string of the molecule is CC(C)CNC(=O)c1cccc(CN2C(=O)CN(C3CC3)C2=O)c1. The van der Waals surface area contributed by atoms with Crippen LogP contribution in [0.2, 0.25) is 0 Å². The number of benzene rings is 1. The lowest BCUT2D eigenvalue weighted by Crippen LogP contribution is -2.33. The van der Waals surface area contributed by atoms with E-state index in [0.29, 0.717) is 18.0 Å². The van der Waals surface area contributed by atoms with E-state index in [1.807, 2.05) is 19.9 Å². The molecular weight excluding hydrogens is 306 g/mol. The minimum absolute atomic E-state index is 0.135. The first-order valence-corrected chi connectivity index (χ1v) is 8.44. The second kappa shape index (κ2) is 6.63. The van der Waals surface area contributed by atoms with Gasteiger partial charge in [-0.05, 0) is 36.5 Å². The van der Waals surface area contributed by atoms with Crippen LogP contribution in [0.5, 0.6) is 0 Å². The topological polar surface area (TPSA) is 69.7 Å². The predicted octanol–water partition coefficient (Wildman–Crippen LogP) is 2.00. The lowest BCUT2D eigenvalue weighted by atomic mass is 10.1. The lowest BCUT2D eigenvalue weighted by Gasteiger charge is -2.17. The molecule has 1 aromatic rings. The third-order valence-corrected chi connectivity index (χ3v) is 4.27. The van der Waals surface area contributed by atoms with Gasteiger partial charge in [0.2, 0.25) is 0 Å². The maximum atomic E-state index is 12.3. The minimum atomic E-state index is -0.211. The summed E-state index contributed by atoms with van der Waals surface area (Å²) in [6.07, 6.45) is 1.97. The Labute approximate surface area is 141 Å². The quantitative estimate of drug-likeness (QED) is 0.812. The largest absolute Gasteiger partial charge is 0.352 e. The molecule has 4 amide bonds. The van der Waals surface area contributed by atoms with E-state index in [1.165, 1.54) is 4.90 Å². The second-order valence-corrected chi connectivity index (χ2v) is 6.93. The van der Waals surface area contributed by atoms with Gasteiger partial charge in [0.25, 0.3) is 11.8 Å². The Morgan fingerprint density at radius 1 is 1.29 bits per heavy atom. The Kier molecular flexibility index (Phi) is 4.55. The van der Waals surface area contributed by atoms with Crippen LogP contribution in [-0.4, -0.2) is 46.8 Å². The number of hydrogen-bond donors (Lipinski definition) is 1. The third kappa shape index (κ3) is 3.58. The molecule has 1 heterocycles. The van der Waals surface area contributed by atoms with Gasteiger partial charge in [-0.15, -0.1) is 0 Å². The summed E-state index contributed by atoms with van der Waals surface area (Å²) in [6, 6.07) is 7.12. The Balaban J connectivity index is 1.67. The van der Waals surface area contributed by atoms with E-state index >= 15 is 0 Å². The lowest BCUT2D eigenvalue weighted by molar-refractivity contribution is -0.125. The molecule has 128 valence electrons. The molecule has 1 aliphatic heterocycles. The van der Waals surface area contributed by atoms with Crippen LogP contribution in [0.4, 0.5) is 4.79 Å². The van der Waals surface area contributed by atoms with Crippen molar-refractivity contribution in [3.8, 4) is 0 Å². The third-order valence-electron chi connectivity index (χ3n) is 4.27. The first kappa shape index (κ1) is 16.5. The van der Waals surface area contributed by atoms with Crippen molar-refractivity contribution in [1.29, 1.82) is 0 Å². The molecule has 0 spiro atoms. The predicted molar refractivity (Wildman–Crippen MR) is 89.3 cm³/mol. The number of imide groups is 1. The van der Waals surface area contributed by atoms with Crippen LogP contribution in [0.3, 0.4) is 0 Å². The van der Waals surface area contributed by atoms with Crippen molar-refractivity contribution in [2.45, 2.75) is 39.3 Å². The molecule has 24 heavy (non-hydrogen) atoms. The van der Waals surface area contributed by atoms with Crippen molar-refractivity contribution in [2.75, 3.05) is 13.1 Å². The Bertz CT molecular complexity index is 667. The van der Waals surface area contributed by atoms with Gasteiger partial charge in [0.1, 0.15) is 6.54 Å². The zero-order chi connectivity index (χ0) is 17.3. The summed E-state index contributed by atoms with van der Waals surface area (Å²) in [5, 5.41) is 2.87. The number of nitrogens with zero attached hydrogens (tertiary/aromatic N) is 2. The summed E-state index contributed by atoms with van der Waals surface area (Å²) in [5.74, 6) is 0.0798. The molecule has 0 aromatic heterocycles. The van der Waals surface area contributed by atoms with Gasteiger partial charge in [-0.25, -0.2) is 4.79 Å². The van der Waals surface area contributed by atoms with Gasteiger partial charge in [0, 0.05) is 18.2 Å². The molecule has 6 heteroatoms. The summed E-state index contributed by atoms with van der Waals surface area (Å²) in [4.78, 5) is 39.5. The highest BCUT2D eigenvalue weighted by atomic mass is 16.2. The molecule has 6 nitrogen and oxygen atoms in total. The molecule has 0 unspecified atom stereocenters. The molecule has 1 saturated carbocycles. The fourth-order valence-corrected chi connectivity index (χ4v) is 2.78. The Morgan fingerprint density at radius 3 is 2.71 bits per heavy atom. The molecule has 1 N–H and O–H groups in total. The first-order valence-electron chi connectivity index (χ1n) is 8.44. The van der Waals surface area contributed by atoms with Crippen LogP contribution in [0.25, 0.3) is 0 Å². The number of urea groups is 1. The van der Waals surface area contributed by atoms with Crippen LogP contribution in [0, 0.1) is 5.92 Å². The highest BCUT2D eigenvalue weighted by Gasteiger charge is 2.43. The van der Waals surface area contributed by atoms with E-state index in [-0.39, 0.29) is 37.0 Å². The van der Waals surface area contributed by atoms with Crippen LogP contribution < -0.4 is 5.32 Å². The number of amides is 4. The smallest absolute Gasteiger partial charge is 0.327 e. The number of carbonyl (C=O) groups is 3. The van der Waals surface area contributed by atoms with Crippen molar-refractivity contribution >= 4 is 17.8 Å². The second-order valence-electron chi connectivity index (χ2n) is 6.93. The Morgan fingerprint density at radius 2 is 2.04 bits per heavy atom. The normalized spacial score (nSPS) is 17.8. The molecule has 0 bridgehead atoms. The van der Waals surface area contributed by atoms with E-state index < -0.39 is 0 Å². The Hall–Kier alpha value is -2.37. The van der Waals surface area contributed by atoms with Crippen molar-refractivity contribution in [3.05, 3.63) is 35.4 Å². The first-order chi connectivity index (χ1) is 11.5. The van der Waals surface area contributed by atoms with Crippen LogP contribution in [0.1, 0.15) is 42.6 Å². The van der Waals surface area contributed by atoms with Gasteiger partial charge in [-0.2, -0.15) is 0 Å². The number of hydrogen-bond acceptors (Lipinski definition) is 3.